The molecule has 2 N–H and O–H groups in total. The highest BCUT2D eigenvalue weighted by atomic mass is 32.1. The molecule has 5 heteroatoms. The minimum Gasteiger partial charge on any atom is -0.492 e. The molecular formula is C15H25N3OS. The summed E-state index contributed by atoms with van der Waals surface area (Å²) in [6, 6.07) is 7.94. The predicted octanol–water partition coefficient (Wildman–Crippen LogP) is 1.39. The lowest BCUT2D eigenvalue weighted by molar-refractivity contribution is 0.222. The molecule has 4 nitrogen and oxygen atoms in total. The van der Waals surface area contributed by atoms with Gasteiger partial charge in [0.25, 0.3) is 0 Å². The molecule has 0 aromatic heterocycles. The van der Waals surface area contributed by atoms with Gasteiger partial charge in [-0.25, -0.2) is 0 Å². The first-order valence-electron chi connectivity index (χ1n) is 6.80. The van der Waals surface area contributed by atoms with Crippen LogP contribution >= 0.6 is 12.2 Å². The molecule has 20 heavy (non-hydrogen) atoms. The van der Waals surface area contributed by atoms with Crippen molar-refractivity contribution in [3.05, 3.63) is 29.8 Å². The Morgan fingerprint density at radius 1 is 1.10 bits per heavy atom. The number of benzene rings is 1. The van der Waals surface area contributed by atoms with Crippen molar-refractivity contribution in [1.29, 1.82) is 0 Å². The SMILES string of the molecule is CN(C)CCN(C)CCOc1ccc(CC(N)=S)cc1. The monoisotopic (exact) mass is 295 g/mol. The van der Waals surface area contributed by atoms with Gasteiger partial charge in [0.15, 0.2) is 0 Å². The van der Waals surface area contributed by atoms with Crippen LogP contribution in [-0.2, 0) is 6.42 Å². The zero-order valence-electron chi connectivity index (χ0n) is 12.6. The van der Waals surface area contributed by atoms with E-state index in [1.54, 1.807) is 0 Å². The molecule has 1 rings (SSSR count). The highest BCUT2D eigenvalue weighted by Gasteiger charge is 2.01. The molecule has 0 atom stereocenters. The van der Waals surface area contributed by atoms with E-state index in [-0.39, 0.29) is 0 Å². The van der Waals surface area contributed by atoms with Crippen LogP contribution in [0.2, 0.25) is 0 Å². The highest BCUT2D eigenvalue weighted by molar-refractivity contribution is 7.80. The average molecular weight is 295 g/mol. The summed E-state index contributed by atoms with van der Waals surface area (Å²) >= 11 is 4.89. The second-order valence-electron chi connectivity index (χ2n) is 5.24. The van der Waals surface area contributed by atoms with Gasteiger partial charge in [-0.05, 0) is 38.8 Å². The van der Waals surface area contributed by atoms with E-state index in [1.807, 2.05) is 24.3 Å². The number of likely N-dealkylation sites (N-methyl/N-ethyl adjacent to an activating group) is 2. The van der Waals surface area contributed by atoms with Crippen molar-refractivity contribution in [2.75, 3.05) is 47.4 Å². The molecule has 0 heterocycles. The molecule has 0 spiro atoms. The molecule has 0 saturated carbocycles. The third-order valence-electron chi connectivity index (χ3n) is 2.97. The van der Waals surface area contributed by atoms with E-state index in [0.29, 0.717) is 18.0 Å². The quantitative estimate of drug-likeness (QED) is 0.697. The van der Waals surface area contributed by atoms with Gasteiger partial charge in [-0.3, -0.25) is 0 Å². The zero-order chi connectivity index (χ0) is 15.0. The van der Waals surface area contributed by atoms with Crippen molar-refractivity contribution >= 4 is 17.2 Å². The van der Waals surface area contributed by atoms with Crippen LogP contribution in [0.15, 0.2) is 24.3 Å². The summed E-state index contributed by atoms with van der Waals surface area (Å²) in [5.41, 5.74) is 6.64. The first-order chi connectivity index (χ1) is 9.47. The molecule has 0 aliphatic heterocycles. The van der Waals surface area contributed by atoms with Gasteiger partial charge >= 0.3 is 0 Å². The van der Waals surface area contributed by atoms with E-state index in [4.69, 9.17) is 22.7 Å². The van der Waals surface area contributed by atoms with Crippen molar-refractivity contribution in [3.8, 4) is 5.75 Å². The molecule has 0 fully saturated rings. The first kappa shape index (κ1) is 16.9. The molecule has 112 valence electrons. The number of hydrogen-bond donors (Lipinski definition) is 1. The third kappa shape index (κ3) is 7.43. The van der Waals surface area contributed by atoms with Crippen LogP contribution < -0.4 is 10.5 Å². The smallest absolute Gasteiger partial charge is 0.119 e. The summed E-state index contributed by atoms with van der Waals surface area (Å²) in [5, 5.41) is 0. The fraction of sp³-hybridized carbons (Fsp3) is 0.533. The van der Waals surface area contributed by atoms with Crippen LogP contribution in [0.3, 0.4) is 0 Å². The number of thiocarbonyl (C=S) groups is 1. The van der Waals surface area contributed by atoms with Gasteiger partial charge in [-0.15, -0.1) is 0 Å². The van der Waals surface area contributed by atoms with E-state index in [0.717, 1.165) is 30.9 Å². The highest BCUT2D eigenvalue weighted by Crippen LogP contribution is 2.12. The molecule has 1 aromatic carbocycles. The number of ether oxygens (including phenoxy) is 1. The Labute approximate surface area is 127 Å². The summed E-state index contributed by atoms with van der Waals surface area (Å²) in [4.78, 5) is 4.96. The van der Waals surface area contributed by atoms with Crippen LogP contribution in [0, 0.1) is 0 Å². The first-order valence-corrected chi connectivity index (χ1v) is 7.21. The minimum atomic E-state index is 0.515. The van der Waals surface area contributed by atoms with Crippen molar-refractivity contribution in [2.24, 2.45) is 5.73 Å². The minimum absolute atomic E-state index is 0.515. The number of nitrogens with two attached hydrogens (primary N) is 1. The lowest BCUT2D eigenvalue weighted by atomic mass is 10.1. The average Bonchev–Trinajstić information content (AvgIpc) is 2.38. The molecule has 0 saturated heterocycles. The Hall–Kier alpha value is -1.17. The van der Waals surface area contributed by atoms with E-state index >= 15 is 0 Å². The van der Waals surface area contributed by atoms with E-state index in [9.17, 15) is 0 Å². The van der Waals surface area contributed by atoms with Crippen molar-refractivity contribution in [1.82, 2.24) is 9.80 Å². The standard InChI is InChI=1S/C15H25N3OS/c1-17(2)8-9-18(3)10-11-19-14-6-4-13(5-7-14)12-15(16)20/h4-7H,8-12H2,1-3H3,(H2,16,20). The molecule has 0 radical (unpaired) electrons. The maximum absolute atomic E-state index is 5.72. The number of nitrogens with zero attached hydrogens (tertiary/aromatic N) is 2. The summed E-state index contributed by atoms with van der Waals surface area (Å²) < 4.78 is 5.72. The fourth-order valence-electron chi connectivity index (χ4n) is 1.71. The molecule has 0 bridgehead atoms. The van der Waals surface area contributed by atoms with E-state index < -0.39 is 0 Å². The van der Waals surface area contributed by atoms with Crippen LogP contribution in [0.1, 0.15) is 5.56 Å². The number of hydrogen-bond acceptors (Lipinski definition) is 4. The van der Waals surface area contributed by atoms with Gasteiger partial charge < -0.3 is 20.3 Å². The maximum atomic E-state index is 5.72. The Kier molecular flexibility index (Phi) is 7.51. The van der Waals surface area contributed by atoms with Gasteiger partial charge in [0.1, 0.15) is 12.4 Å². The zero-order valence-corrected chi connectivity index (χ0v) is 13.4. The third-order valence-corrected chi connectivity index (χ3v) is 3.12. The Morgan fingerprint density at radius 2 is 1.75 bits per heavy atom. The lowest BCUT2D eigenvalue weighted by Gasteiger charge is -2.19. The molecule has 0 unspecified atom stereocenters. The van der Waals surface area contributed by atoms with Gasteiger partial charge in [-0.1, -0.05) is 24.4 Å². The summed E-state index contributed by atoms with van der Waals surface area (Å²) in [6.45, 7) is 3.72. The van der Waals surface area contributed by atoms with Gasteiger partial charge in [0.05, 0.1) is 4.99 Å². The lowest BCUT2D eigenvalue weighted by Crippen LogP contribution is -2.31. The summed E-state index contributed by atoms with van der Waals surface area (Å²) in [7, 11) is 6.27. The second-order valence-corrected chi connectivity index (χ2v) is 5.77. The van der Waals surface area contributed by atoms with Crippen molar-refractivity contribution < 1.29 is 4.74 Å². The Balaban J connectivity index is 2.26. The van der Waals surface area contributed by atoms with E-state index in [2.05, 4.69) is 30.9 Å². The maximum Gasteiger partial charge on any atom is 0.119 e. The van der Waals surface area contributed by atoms with Gasteiger partial charge in [0.2, 0.25) is 0 Å². The van der Waals surface area contributed by atoms with Crippen molar-refractivity contribution in [2.45, 2.75) is 6.42 Å². The molecule has 0 aliphatic carbocycles. The van der Waals surface area contributed by atoms with Crippen LogP contribution in [0.4, 0.5) is 0 Å². The fourth-order valence-corrected chi connectivity index (χ4v) is 1.87. The Morgan fingerprint density at radius 3 is 2.30 bits per heavy atom. The van der Waals surface area contributed by atoms with Crippen molar-refractivity contribution in [3.63, 3.8) is 0 Å². The topological polar surface area (TPSA) is 41.7 Å². The summed E-state index contributed by atoms with van der Waals surface area (Å²) in [5.74, 6) is 0.887. The second kappa shape index (κ2) is 8.89. The van der Waals surface area contributed by atoms with E-state index in [1.165, 1.54) is 0 Å². The molecule has 0 aliphatic rings. The van der Waals surface area contributed by atoms with Crippen LogP contribution in [0.5, 0.6) is 5.75 Å². The molecular weight excluding hydrogens is 270 g/mol. The van der Waals surface area contributed by atoms with Crippen LogP contribution in [0.25, 0.3) is 0 Å². The Bertz CT molecular complexity index is 406. The number of rotatable bonds is 9. The normalized spacial score (nSPS) is 11.1. The molecule has 1 aromatic rings. The predicted molar refractivity (Wildman–Crippen MR) is 88.5 cm³/mol. The van der Waals surface area contributed by atoms with Crippen LogP contribution in [-0.4, -0.2) is 62.2 Å². The molecule has 0 amide bonds. The van der Waals surface area contributed by atoms with Gasteiger partial charge in [-0.2, -0.15) is 0 Å². The summed E-state index contributed by atoms with van der Waals surface area (Å²) in [6.07, 6.45) is 0.642. The largest absolute Gasteiger partial charge is 0.492 e. The van der Waals surface area contributed by atoms with Gasteiger partial charge in [0, 0.05) is 26.1 Å².